The highest BCUT2D eigenvalue weighted by Gasteiger charge is 2.20. The van der Waals surface area contributed by atoms with E-state index in [2.05, 4.69) is 24.5 Å². The SMILES string of the molecule is CC(CNC(=O)C(C)C)COCC(C)(C)CNC(=O)C(C)C. The highest BCUT2D eigenvalue weighted by molar-refractivity contribution is 5.78. The van der Waals surface area contributed by atoms with Crippen LogP contribution in [-0.4, -0.2) is 38.1 Å². The van der Waals surface area contributed by atoms with E-state index < -0.39 is 0 Å². The van der Waals surface area contributed by atoms with Crippen LogP contribution in [-0.2, 0) is 14.3 Å². The summed E-state index contributed by atoms with van der Waals surface area (Å²) in [6, 6.07) is 0. The Bertz CT molecular complexity index is 352. The Morgan fingerprint density at radius 1 is 0.955 bits per heavy atom. The summed E-state index contributed by atoms with van der Waals surface area (Å²) in [6.07, 6.45) is 0. The van der Waals surface area contributed by atoms with Crippen LogP contribution in [0.15, 0.2) is 0 Å². The van der Waals surface area contributed by atoms with Gasteiger partial charge < -0.3 is 15.4 Å². The Morgan fingerprint density at radius 2 is 1.45 bits per heavy atom. The van der Waals surface area contributed by atoms with Gasteiger partial charge >= 0.3 is 0 Å². The van der Waals surface area contributed by atoms with E-state index in [1.165, 1.54) is 0 Å². The van der Waals surface area contributed by atoms with Gasteiger partial charge in [-0.1, -0.05) is 48.5 Å². The van der Waals surface area contributed by atoms with Crippen molar-refractivity contribution in [2.45, 2.75) is 48.5 Å². The molecule has 0 fully saturated rings. The summed E-state index contributed by atoms with van der Waals surface area (Å²) < 4.78 is 5.74. The Morgan fingerprint density at radius 3 is 1.95 bits per heavy atom. The number of rotatable bonds is 10. The monoisotopic (exact) mass is 314 g/mol. The van der Waals surface area contributed by atoms with Crippen LogP contribution in [0.2, 0.25) is 0 Å². The molecule has 130 valence electrons. The Kier molecular flexibility index (Phi) is 9.33. The molecule has 0 aliphatic rings. The molecule has 0 aromatic heterocycles. The molecule has 5 nitrogen and oxygen atoms in total. The van der Waals surface area contributed by atoms with Gasteiger partial charge in [0.1, 0.15) is 0 Å². The number of amides is 2. The average molecular weight is 314 g/mol. The largest absolute Gasteiger partial charge is 0.380 e. The third kappa shape index (κ3) is 9.77. The van der Waals surface area contributed by atoms with Gasteiger partial charge in [-0.15, -0.1) is 0 Å². The quantitative estimate of drug-likeness (QED) is 0.649. The summed E-state index contributed by atoms with van der Waals surface area (Å²) in [5.74, 6) is 0.420. The van der Waals surface area contributed by atoms with Gasteiger partial charge in [0.15, 0.2) is 0 Å². The second-order valence-electron chi connectivity index (χ2n) is 7.56. The molecule has 0 aromatic carbocycles. The number of carbonyl (C=O) groups is 2. The smallest absolute Gasteiger partial charge is 0.222 e. The van der Waals surface area contributed by atoms with Gasteiger partial charge in [-0.3, -0.25) is 9.59 Å². The van der Waals surface area contributed by atoms with Gasteiger partial charge in [0.25, 0.3) is 0 Å². The lowest BCUT2D eigenvalue weighted by molar-refractivity contribution is -0.125. The van der Waals surface area contributed by atoms with E-state index in [0.29, 0.717) is 26.3 Å². The maximum Gasteiger partial charge on any atom is 0.222 e. The predicted octanol–water partition coefficient (Wildman–Crippen LogP) is 2.21. The van der Waals surface area contributed by atoms with Gasteiger partial charge in [0.2, 0.25) is 11.8 Å². The van der Waals surface area contributed by atoms with Gasteiger partial charge in [-0.05, 0) is 5.92 Å². The normalized spacial score (nSPS) is 13.3. The number of ether oxygens (including phenoxy) is 1. The first-order valence-corrected chi connectivity index (χ1v) is 8.18. The maximum atomic E-state index is 11.6. The summed E-state index contributed by atoms with van der Waals surface area (Å²) in [4.78, 5) is 23.1. The van der Waals surface area contributed by atoms with Crippen LogP contribution in [0, 0.1) is 23.2 Å². The molecular formula is C17H34N2O3. The van der Waals surface area contributed by atoms with Crippen molar-refractivity contribution in [1.82, 2.24) is 10.6 Å². The first kappa shape index (κ1) is 20.9. The first-order valence-electron chi connectivity index (χ1n) is 8.18. The molecule has 1 atom stereocenters. The zero-order chi connectivity index (χ0) is 17.3. The summed E-state index contributed by atoms with van der Waals surface area (Å²) in [7, 11) is 0. The molecular weight excluding hydrogens is 280 g/mol. The van der Waals surface area contributed by atoms with Crippen LogP contribution in [0.4, 0.5) is 0 Å². The lowest BCUT2D eigenvalue weighted by Gasteiger charge is -2.26. The highest BCUT2D eigenvalue weighted by atomic mass is 16.5. The van der Waals surface area contributed by atoms with Crippen molar-refractivity contribution in [2.75, 3.05) is 26.3 Å². The molecule has 0 aliphatic carbocycles. The third-order valence-electron chi connectivity index (χ3n) is 3.31. The maximum absolute atomic E-state index is 11.6. The van der Waals surface area contributed by atoms with Gasteiger partial charge in [0.05, 0.1) is 13.2 Å². The minimum absolute atomic E-state index is 0.00121. The second-order valence-corrected chi connectivity index (χ2v) is 7.56. The lowest BCUT2D eigenvalue weighted by Crippen LogP contribution is -2.39. The molecule has 0 aromatic rings. The number of nitrogens with one attached hydrogen (secondary N) is 2. The number of hydrogen-bond donors (Lipinski definition) is 2. The Hall–Kier alpha value is -1.10. The minimum Gasteiger partial charge on any atom is -0.380 e. The van der Waals surface area contributed by atoms with E-state index in [1.807, 2.05) is 34.6 Å². The van der Waals surface area contributed by atoms with Crippen LogP contribution in [0.1, 0.15) is 48.5 Å². The molecule has 0 spiro atoms. The third-order valence-corrected chi connectivity index (χ3v) is 3.31. The van der Waals surface area contributed by atoms with Crippen molar-refractivity contribution in [3.63, 3.8) is 0 Å². The lowest BCUT2D eigenvalue weighted by atomic mass is 9.94. The van der Waals surface area contributed by atoms with Crippen molar-refractivity contribution in [1.29, 1.82) is 0 Å². The van der Waals surface area contributed by atoms with E-state index in [9.17, 15) is 9.59 Å². The van der Waals surface area contributed by atoms with Gasteiger partial charge in [-0.25, -0.2) is 0 Å². The second kappa shape index (κ2) is 9.82. The molecule has 2 N–H and O–H groups in total. The van der Waals surface area contributed by atoms with Gasteiger partial charge in [-0.2, -0.15) is 0 Å². The van der Waals surface area contributed by atoms with Crippen LogP contribution in [0.25, 0.3) is 0 Å². The van der Waals surface area contributed by atoms with E-state index in [1.54, 1.807) is 0 Å². The average Bonchev–Trinajstić information content (AvgIpc) is 2.41. The summed E-state index contributed by atoms with van der Waals surface area (Å²) in [5, 5.41) is 5.84. The van der Waals surface area contributed by atoms with Crippen LogP contribution < -0.4 is 10.6 Å². The fourth-order valence-corrected chi connectivity index (χ4v) is 1.66. The molecule has 0 saturated heterocycles. The van der Waals surface area contributed by atoms with Crippen molar-refractivity contribution in [2.24, 2.45) is 23.2 Å². The molecule has 0 bridgehead atoms. The minimum atomic E-state index is -0.106. The molecule has 0 rings (SSSR count). The topological polar surface area (TPSA) is 67.4 Å². The van der Waals surface area contributed by atoms with Crippen LogP contribution >= 0.6 is 0 Å². The van der Waals surface area contributed by atoms with Gasteiger partial charge in [0, 0.05) is 30.3 Å². The number of hydrogen-bond acceptors (Lipinski definition) is 3. The van der Waals surface area contributed by atoms with Crippen molar-refractivity contribution in [3.8, 4) is 0 Å². The Balaban J connectivity index is 3.92. The standard InChI is InChI=1S/C17H34N2O3/c1-12(2)15(20)18-8-14(5)9-22-11-17(6,7)10-19-16(21)13(3)4/h12-14H,8-11H2,1-7H3,(H,18,20)(H,19,21). The molecule has 22 heavy (non-hydrogen) atoms. The molecule has 0 aliphatic heterocycles. The van der Waals surface area contributed by atoms with E-state index in [4.69, 9.17) is 4.74 Å². The molecule has 0 radical (unpaired) electrons. The van der Waals surface area contributed by atoms with Crippen molar-refractivity contribution in [3.05, 3.63) is 0 Å². The fourth-order valence-electron chi connectivity index (χ4n) is 1.66. The molecule has 0 saturated carbocycles. The highest BCUT2D eigenvalue weighted by Crippen LogP contribution is 2.15. The molecule has 2 amide bonds. The van der Waals surface area contributed by atoms with E-state index in [-0.39, 0.29) is 35.0 Å². The summed E-state index contributed by atoms with van der Waals surface area (Å²) in [6.45, 7) is 16.1. The predicted molar refractivity (Wildman–Crippen MR) is 89.5 cm³/mol. The summed E-state index contributed by atoms with van der Waals surface area (Å²) in [5.41, 5.74) is -0.106. The first-order chi connectivity index (χ1) is 10.0. The zero-order valence-corrected chi connectivity index (χ0v) is 15.3. The van der Waals surface area contributed by atoms with E-state index in [0.717, 1.165) is 0 Å². The Labute approximate surface area is 135 Å². The zero-order valence-electron chi connectivity index (χ0n) is 15.3. The fraction of sp³-hybridized carbons (Fsp3) is 0.882. The van der Waals surface area contributed by atoms with Crippen molar-refractivity contribution >= 4 is 11.8 Å². The van der Waals surface area contributed by atoms with Crippen LogP contribution in [0.3, 0.4) is 0 Å². The number of carbonyl (C=O) groups excluding carboxylic acids is 2. The van der Waals surface area contributed by atoms with Crippen LogP contribution in [0.5, 0.6) is 0 Å². The molecule has 0 heterocycles. The summed E-state index contributed by atoms with van der Waals surface area (Å²) >= 11 is 0. The van der Waals surface area contributed by atoms with Crippen molar-refractivity contribution < 1.29 is 14.3 Å². The molecule has 5 heteroatoms. The van der Waals surface area contributed by atoms with E-state index >= 15 is 0 Å². The molecule has 1 unspecified atom stereocenters.